The molecule has 3 N–H and O–H groups in total. The fraction of sp³-hybridized carbons (Fsp3) is 0.355. The minimum atomic E-state index is -0.706. The number of nitrogen functional groups attached to an aromatic ring is 1. The molecule has 1 aliphatic carbocycles. The Morgan fingerprint density at radius 3 is 2.67 bits per heavy atom. The number of carbonyl (C=O) groups is 2. The van der Waals surface area contributed by atoms with Gasteiger partial charge >= 0.3 is 0 Å². The second kappa shape index (κ2) is 12.1. The third-order valence-electron chi connectivity index (χ3n) is 7.62. The van der Waals surface area contributed by atoms with Crippen molar-refractivity contribution in [2.75, 3.05) is 31.3 Å². The van der Waals surface area contributed by atoms with Crippen molar-refractivity contribution < 1.29 is 27.8 Å². The van der Waals surface area contributed by atoms with Gasteiger partial charge in [0.05, 0.1) is 17.7 Å². The van der Waals surface area contributed by atoms with Gasteiger partial charge in [0.1, 0.15) is 30.3 Å². The normalized spacial score (nSPS) is 17.9. The third kappa shape index (κ3) is 6.04. The SMILES string of the molecule is CC#CC(=O)N1CC(OC)CC1COc1c(N)ncnc1-c1cc(F)cc(NC(=O)c2ccc(C3CC3)cc2F)c1C. The first kappa shape index (κ1) is 29.0. The topological polar surface area (TPSA) is 120 Å². The maximum absolute atomic E-state index is 14.9. The van der Waals surface area contributed by atoms with Gasteiger partial charge in [-0.05, 0) is 80.3 Å². The van der Waals surface area contributed by atoms with Crippen LogP contribution in [0.15, 0.2) is 36.7 Å². The molecule has 0 spiro atoms. The number of carbonyl (C=O) groups excluding carboxylic acids is 2. The Morgan fingerprint density at radius 2 is 1.98 bits per heavy atom. The highest BCUT2D eigenvalue weighted by Crippen LogP contribution is 2.41. The first-order valence-electron chi connectivity index (χ1n) is 13.6. The number of benzene rings is 2. The van der Waals surface area contributed by atoms with Crippen LogP contribution in [0.2, 0.25) is 0 Å². The molecule has 0 bridgehead atoms. The number of likely N-dealkylation sites (tertiary alicyclic amines) is 1. The average molecular weight is 576 g/mol. The highest BCUT2D eigenvalue weighted by molar-refractivity contribution is 6.05. The molecule has 1 aliphatic heterocycles. The quantitative estimate of drug-likeness (QED) is 0.381. The van der Waals surface area contributed by atoms with Crippen molar-refractivity contribution in [1.29, 1.82) is 0 Å². The van der Waals surface area contributed by atoms with Crippen LogP contribution in [0.1, 0.15) is 53.6 Å². The highest BCUT2D eigenvalue weighted by Gasteiger charge is 2.36. The fourth-order valence-electron chi connectivity index (χ4n) is 5.16. The standard InChI is InChI=1S/C31H31F2N5O4/c1-4-5-27(39)38-14-22(41-3)13-21(38)15-42-29-28(35-16-36-30(29)34)24-11-20(32)12-26(17(24)2)37-31(40)23-9-8-19(10-25(23)33)18-6-7-18/h8-12,16,18,21-22H,6-7,13-15H2,1-3H3,(H,37,40)(H2,34,35,36). The summed E-state index contributed by atoms with van der Waals surface area (Å²) in [5.41, 5.74) is 7.98. The molecule has 1 aromatic heterocycles. The Bertz CT molecular complexity index is 1600. The zero-order chi connectivity index (χ0) is 30.0. The predicted molar refractivity (Wildman–Crippen MR) is 153 cm³/mol. The van der Waals surface area contributed by atoms with E-state index in [-0.39, 0.29) is 53.2 Å². The Balaban J connectivity index is 1.41. The van der Waals surface area contributed by atoms with Crippen molar-refractivity contribution in [3.05, 3.63) is 65.0 Å². The molecule has 3 aromatic rings. The minimum absolute atomic E-state index is 0.0135. The largest absolute Gasteiger partial charge is 0.485 e. The molecule has 2 fully saturated rings. The van der Waals surface area contributed by atoms with Gasteiger partial charge in [-0.3, -0.25) is 9.59 Å². The number of nitrogens with one attached hydrogen (secondary N) is 1. The lowest BCUT2D eigenvalue weighted by Crippen LogP contribution is -2.38. The van der Waals surface area contributed by atoms with Crippen LogP contribution in [0, 0.1) is 30.4 Å². The van der Waals surface area contributed by atoms with Crippen LogP contribution < -0.4 is 15.8 Å². The predicted octanol–water partition coefficient (Wildman–Crippen LogP) is 4.46. The summed E-state index contributed by atoms with van der Waals surface area (Å²) in [5.74, 6) is 3.27. The van der Waals surface area contributed by atoms with E-state index in [1.807, 2.05) is 0 Å². The number of hydrogen-bond acceptors (Lipinski definition) is 7. The van der Waals surface area contributed by atoms with Gasteiger partial charge in [0.2, 0.25) is 0 Å². The molecule has 2 aromatic carbocycles. The molecule has 1 saturated heterocycles. The summed E-state index contributed by atoms with van der Waals surface area (Å²) in [7, 11) is 1.57. The molecule has 2 unspecified atom stereocenters. The maximum atomic E-state index is 14.9. The van der Waals surface area contributed by atoms with Gasteiger partial charge in [-0.1, -0.05) is 12.0 Å². The van der Waals surface area contributed by atoms with Crippen LogP contribution >= 0.6 is 0 Å². The summed E-state index contributed by atoms with van der Waals surface area (Å²) < 4.78 is 41.2. The summed E-state index contributed by atoms with van der Waals surface area (Å²) in [4.78, 5) is 35.5. The van der Waals surface area contributed by atoms with Gasteiger partial charge < -0.3 is 25.4 Å². The number of rotatable bonds is 8. The summed E-state index contributed by atoms with van der Waals surface area (Å²) in [6.45, 7) is 3.65. The Labute approximate surface area is 242 Å². The molecular formula is C31H31F2N5O4. The van der Waals surface area contributed by atoms with Crippen molar-refractivity contribution in [3.8, 4) is 28.8 Å². The molecule has 5 rings (SSSR count). The summed E-state index contributed by atoms with van der Waals surface area (Å²) in [6, 6.07) is 6.61. The van der Waals surface area contributed by atoms with E-state index in [2.05, 4.69) is 27.1 Å². The van der Waals surface area contributed by atoms with E-state index in [1.165, 1.54) is 24.5 Å². The molecule has 11 heteroatoms. The number of nitrogens with two attached hydrogens (primary N) is 1. The van der Waals surface area contributed by atoms with Gasteiger partial charge in [-0.15, -0.1) is 0 Å². The van der Waals surface area contributed by atoms with E-state index in [4.69, 9.17) is 15.2 Å². The first-order chi connectivity index (χ1) is 20.2. The zero-order valence-electron chi connectivity index (χ0n) is 23.5. The van der Waals surface area contributed by atoms with Crippen molar-refractivity contribution in [2.45, 2.75) is 51.2 Å². The average Bonchev–Trinajstić information content (AvgIpc) is 3.73. The second-order valence-corrected chi connectivity index (χ2v) is 10.4. The molecule has 2 aliphatic rings. The van der Waals surface area contributed by atoms with E-state index in [9.17, 15) is 18.4 Å². The van der Waals surface area contributed by atoms with Gasteiger partial charge in [0.25, 0.3) is 11.8 Å². The van der Waals surface area contributed by atoms with Crippen molar-refractivity contribution in [3.63, 3.8) is 0 Å². The Hall–Kier alpha value is -4.56. The van der Waals surface area contributed by atoms with Crippen LogP contribution in [0.25, 0.3) is 11.3 Å². The number of ether oxygens (including phenoxy) is 2. The lowest BCUT2D eigenvalue weighted by molar-refractivity contribution is -0.126. The molecule has 1 saturated carbocycles. The van der Waals surface area contributed by atoms with Crippen LogP contribution in [-0.4, -0.2) is 59.1 Å². The van der Waals surface area contributed by atoms with Gasteiger partial charge in [0.15, 0.2) is 11.6 Å². The van der Waals surface area contributed by atoms with E-state index in [0.717, 1.165) is 24.5 Å². The lowest BCUT2D eigenvalue weighted by Gasteiger charge is -2.23. The number of nitrogens with zero attached hydrogens (tertiary/aromatic N) is 3. The molecule has 0 radical (unpaired) electrons. The van der Waals surface area contributed by atoms with E-state index >= 15 is 0 Å². The smallest absolute Gasteiger partial charge is 0.298 e. The number of hydrogen-bond donors (Lipinski definition) is 2. The number of aromatic nitrogens is 2. The third-order valence-corrected chi connectivity index (χ3v) is 7.62. The molecule has 2 atom stereocenters. The van der Waals surface area contributed by atoms with Crippen LogP contribution in [0.3, 0.4) is 0 Å². The molecular weight excluding hydrogens is 544 g/mol. The molecule has 42 heavy (non-hydrogen) atoms. The van der Waals surface area contributed by atoms with Crippen LogP contribution in [-0.2, 0) is 9.53 Å². The monoisotopic (exact) mass is 575 g/mol. The van der Waals surface area contributed by atoms with E-state index in [1.54, 1.807) is 31.9 Å². The van der Waals surface area contributed by atoms with Crippen molar-refractivity contribution >= 4 is 23.3 Å². The first-order valence-corrected chi connectivity index (χ1v) is 13.6. The zero-order valence-corrected chi connectivity index (χ0v) is 23.5. The second-order valence-electron chi connectivity index (χ2n) is 10.4. The molecule has 218 valence electrons. The fourth-order valence-corrected chi connectivity index (χ4v) is 5.16. The maximum Gasteiger partial charge on any atom is 0.298 e. The van der Waals surface area contributed by atoms with Gasteiger partial charge in [0, 0.05) is 24.9 Å². The van der Waals surface area contributed by atoms with Gasteiger partial charge in [-0.2, -0.15) is 0 Å². The lowest BCUT2D eigenvalue weighted by atomic mass is 10.0. The highest BCUT2D eigenvalue weighted by atomic mass is 19.1. The Morgan fingerprint density at radius 1 is 1.19 bits per heavy atom. The number of methoxy groups -OCH3 is 1. The molecule has 9 nitrogen and oxygen atoms in total. The molecule has 2 heterocycles. The number of halogens is 2. The summed E-state index contributed by atoms with van der Waals surface area (Å²) in [5, 5.41) is 2.63. The number of anilines is 2. The van der Waals surface area contributed by atoms with E-state index in [0.29, 0.717) is 30.0 Å². The Kier molecular flexibility index (Phi) is 8.36. The van der Waals surface area contributed by atoms with Crippen LogP contribution in [0.4, 0.5) is 20.3 Å². The van der Waals surface area contributed by atoms with Gasteiger partial charge in [-0.25, -0.2) is 18.7 Å². The van der Waals surface area contributed by atoms with Crippen molar-refractivity contribution in [2.24, 2.45) is 0 Å². The number of amides is 2. The van der Waals surface area contributed by atoms with E-state index < -0.39 is 17.5 Å². The van der Waals surface area contributed by atoms with Crippen LogP contribution in [0.5, 0.6) is 5.75 Å². The summed E-state index contributed by atoms with van der Waals surface area (Å²) >= 11 is 0. The summed E-state index contributed by atoms with van der Waals surface area (Å²) in [6.07, 6.45) is 3.57. The van der Waals surface area contributed by atoms with Crippen molar-refractivity contribution in [1.82, 2.24) is 14.9 Å². The minimum Gasteiger partial charge on any atom is -0.485 e. The molecule has 2 amide bonds.